The van der Waals surface area contributed by atoms with E-state index in [4.69, 9.17) is 42.1 Å². The van der Waals surface area contributed by atoms with Crippen LogP contribution in [-0.2, 0) is 11.4 Å². The minimum absolute atomic E-state index is 0.163. The number of hydrogen-bond donors (Lipinski definition) is 1. The summed E-state index contributed by atoms with van der Waals surface area (Å²) in [4.78, 5) is 24.7. The Bertz CT molecular complexity index is 1490. The molecule has 4 rings (SSSR count). The molecule has 0 saturated carbocycles. The summed E-state index contributed by atoms with van der Waals surface area (Å²) in [5.74, 6) is 0.565. The van der Waals surface area contributed by atoms with Gasteiger partial charge in [0.1, 0.15) is 18.1 Å². The van der Waals surface area contributed by atoms with Crippen molar-refractivity contribution >= 4 is 41.3 Å². The highest BCUT2D eigenvalue weighted by atomic mass is 35.5. The van der Waals surface area contributed by atoms with E-state index in [0.717, 1.165) is 5.56 Å². The summed E-state index contributed by atoms with van der Waals surface area (Å²) < 4.78 is 22.0. The molecule has 10 heteroatoms. The maximum Gasteiger partial charge on any atom is 0.345 e. The number of nitrogens with one attached hydrogen (secondary N) is 1. The van der Waals surface area contributed by atoms with Gasteiger partial charge in [0.2, 0.25) is 0 Å². The third-order valence-corrected chi connectivity index (χ3v) is 5.93. The third kappa shape index (κ3) is 8.23. The zero-order chi connectivity index (χ0) is 28.3. The number of benzene rings is 4. The second kappa shape index (κ2) is 14.0. The Balaban J connectivity index is 1.25. The van der Waals surface area contributed by atoms with Crippen LogP contribution in [0.4, 0.5) is 0 Å². The molecule has 0 spiro atoms. The maximum absolute atomic E-state index is 12.5. The standard InChI is InChI=1S/C30H24Cl2N2O6/c1-37-28-15-21(7-14-27(28)40-30(36)25-13-8-22(31)16-26(25)32)17-33-34-29(35)19-39-24-11-9-23(10-12-24)38-18-20-5-3-2-4-6-20/h2-17H,18-19H2,1H3,(H,34,35)/b33-17-. The molecule has 1 amide bonds. The lowest BCUT2D eigenvalue weighted by atomic mass is 10.2. The highest BCUT2D eigenvalue weighted by molar-refractivity contribution is 6.36. The van der Waals surface area contributed by atoms with Gasteiger partial charge in [0.05, 0.1) is 23.9 Å². The molecule has 0 bridgehead atoms. The number of hydrogen-bond acceptors (Lipinski definition) is 7. The number of carbonyl (C=O) groups excluding carboxylic acids is 2. The van der Waals surface area contributed by atoms with Crippen LogP contribution in [0.1, 0.15) is 21.5 Å². The highest BCUT2D eigenvalue weighted by Gasteiger charge is 2.16. The van der Waals surface area contributed by atoms with Crippen LogP contribution in [0.5, 0.6) is 23.0 Å². The van der Waals surface area contributed by atoms with E-state index in [0.29, 0.717) is 28.7 Å². The first kappa shape index (κ1) is 28.5. The monoisotopic (exact) mass is 578 g/mol. The van der Waals surface area contributed by atoms with Crippen LogP contribution < -0.4 is 24.4 Å². The SMILES string of the molecule is COc1cc(/C=N\NC(=O)COc2ccc(OCc3ccccc3)cc2)ccc1OC(=O)c1ccc(Cl)cc1Cl. The molecule has 0 saturated heterocycles. The molecule has 0 aliphatic rings. The average molecular weight is 579 g/mol. The minimum Gasteiger partial charge on any atom is -0.493 e. The van der Waals surface area contributed by atoms with Gasteiger partial charge in [-0.25, -0.2) is 10.2 Å². The number of nitrogens with zero attached hydrogens (tertiary/aromatic N) is 1. The number of rotatable bonds is 11. The maximum atomic E-state index is 12.5. The summed E-state index contributed by atoms with van der Waals surface area (Å²) in [5, 5.41) is 4.51. The van der Waals surface area contributed by atoms with Gasteiger partial charge >= 0.3 is 5.97 Å². The second-order valence-corrected chi connectivity index (χ2v) is 9.10. The zero-order valence-corrected chi connectivity index (χ0v) is 22.8. The van der Waals surface area contributed by atoms with Gasteiger partial charge in [-0.05, 0) is 71.8 Å². The molecule has 4 aromatic carbocycles. The molecule has 204 valence electrons. The van der Waals surface area contributed by atoms with Crippen LogP contribution in [0.3, 0.4) is 0 Å². The molecule has 4 aromatic rings. The Kier molecular flexibility index (Phi) is 9.99. The van der Waals surface area contributed by atoms with Crippen molar-refractivity contribution in [1.82, 2.24) is 5.43 Å². The van der Waals surface area contributed by atoms with Crippen molar-refractivity contribution in [2.75, 3.05) is 13.7 Å². The Hall–Kier alpha value is -4.53. The van der Waals surface area contributed by atoms with Crippen molar-refractivity contribution in [3.63, 3.8) is 0 Å². The van der Waals surface area contributed by atoms with E-state index < -0.39 is 11.9 Å². The van der Waals surface area contributed by atoms with Crippen LogP contribution in [0, 0.1) is 0 Å². The van der Waals surface area contributed by atoms with Gasteiger partial charge in [0.25, 0.3) is 5.91 Å². The van der Waals surface area contributed by atoms with Gasteiger partial charge < -0.3 is 18.9 Å². The molecular formula is C30H24Cl2N2O6. The van der Waals surface area contributed by atoms with E-state index in [9.17, 15) is 9.59 Å². The van der Waals surface area contributed by atoms with Crippen molar-refractivity contribution in [1.29, 1.82) is 0 Å². The topological polar surface area (TPSA) is 95.5 Å². The first-order chi connectivity index (χ1) is 19.4. The summed E-state index contributed by atoms with van der Waals surface area (Å²) in [6.45, 7) is 0.229. The first-order valence-corrected chi connectivity index (χ1v) is 12.7. The fourth-order valence-electron chi connectivity index (χ4n) is 3.39. The van der Waals surface area contributed by atoms with Crippen molar-refractivity contribution in [2.45, 2.75) is 6.61 Å². The van der Waals surface area contributed by atoms with Crippen molar-refractivity contribution < 1.29 is 28.5 Å². The molecule has 0 atom stereocenters. The summed E-state index contributed by atoms with van der Waals surface area (Å²) in [7, 11) is 1.43. The Morgan fingerprint density at radius 3 is 2.27 bits per heavy atom. The number of carbonyl (C=O) groups is 2. The number of methoxy groups -OCH3 is 1. The van der Waals surface area contributed by atoms with E-state index in [2.05, 4.69) is 10.5 Å². The van der Waals surface area contributed by atoms with E-state index >= 15 is 0 Å². The van der Waals surface area contributed by atoms with Gasteiger partial charge in [0.15, 0.2) is 18.1 Å². The molecule has 0 aromatic heterocycles. The van der Waals surface area contributed by atoms with Crippen LogP contribution in [0.25, 0.3) is 0 Å². The summed E-state index contributed by atoms with van der Waals surface area (Å²) in [5.41, 5.74) is 4.22. The summed E-state index contributed by atoms with van der Waals surface area (Å²) in [6, 6.07) is 26.1. The van der Waals surface area contributed by atoms with E-state index in [-0.39, 0.29) is 28.7 Å². The largest absolute Gasteiger partial charge is 0.493 e. The lowest BCUT2D eigenvalue weighted by Gasteiger charge is -2.11. The second-order valence-electron chi connectivity index (χ2n) is 8.25. The van der Waals surface area contributed by atoms with E-state index in [1.54, 1.807) is 48.5 Å². The van der Waals surface area contributed by atoms with E-state index in [1.165, 1.54) is 25.5 Å². The molecule has 0 aliphatic carbocycles. The van der Waals surface area contributed by atoms with Crippen molar-refractivity contribution in [3.8, 4) is 23.0 Å². The third-order valence-electron chi connectivity index (χ3n) is 5.39. The van der Waals surface area contributed by atoms with Crippen LogP contribution >= 0.6 is 23.2 Å². The number of ether oxygens (including phenoxy) is 4. The molecule has 0 aliphatic heterocycles. The van der Waals surface area contributed by atoms with Gasteiger partial charge in [0, 0.05) is 5.02 Å². The lowest BCUT2D eigenvalue weighted by molar-refractivity contribution is -0.123. The average Bonchev–Trinajstić information content (AvgIpc) is 2.96. The molecule has 40 heavy (non-hydrogen) atoms. The van der Waals surface area contributed by atoms with Crippen molar-refractivity contribution in [3.05, 3.63) is 118 Å². The van der Waals surface area contributed by atoms with Gasteiger partial charge in [-0.1, -0.05) is 53.5 Å². The summed E-state index contributed by atoms with van der Waals surface area (Å²) in [6.07, 6.45) is 1.42. The first-order valence-electron chi connectivity index (χ1n) is 12.0. The Labute approximate surface area is 241 Å². The number of halogens is 2. The lowest BCUT2D eigenvalue weighted by Crippen LogP contribution is -2.24. The summed E-state index contributed by atoms with van der Waals surface area (Å²) >= 11 is 12.0. The molecule has 8 nitrogen and oxygen atoms in total. The van der Waals surface area contributed by atoms with Crippen molar-refractivity contribution in [2.24, 2.45) is 5.10 Å². The molecule has 0 radical (unpaired) electrons. The molecule has 0 unspecified atom stereocenters. The van der Waals surface area contributed by atoms with Crippen LogP contribution in [0.15, 0.2) is 96.1 Å². The van der Waals surface area contributed by atoms with Crippen LogP contribution in [0.2, 0.25) is 10.0 Å². The highest BCUT2D eigenvalue weighted by Crippen LogP contribution is 2.30. The minimum atomic E-state index is -0.664. The molecule has 0 heterocycles. The quantitative estimate of drug-likeness (QED) is 0.0966. The number of esters is 1. The molecule has 1 N–H and O–H groups in total. The van der Waals surface area contributed by atoms with Gasteiger partial charge in [-0.2, -0.15) is 5.10 Å². The predicted molar refractivity (Wildman–Crippen MR) is 153 cm³/mol. The predicted octanol–water partition coefficient (Wildman–Crippen LogP) is 6.33. The fraction of sp³-hybridized carbons (Fsp3) is 0.100. The van der Waals surface area contributed by atoms with Gasteiger partial charge in [-0.15, -0.1) is 0 Å². The van der Waals surface area contributed by atoms with Crippen LogP contribution in [-0.4, -0.2) is 31.8 Å². The smallest absolute Gasteiger partial charge is 0.345 e. The fourth-order valence-corrected chi connectivity index (χ4v) is 3.88. The van der Waals surface area contributed by atoms with E-state index in [1.807, 2.05) is 30.3 Å². The number of amides is 1. The van der Waals surface area contributed by atoms with Gasteiger partial charge in [-0.3, -0.25) is 4.79 Å². The molecular weight excluding hydrogens is 555 g/mol. The Morgan fingerprint density at radius 1 is 0.850 bits per heavy atom. The Morgan fingerprint density at radius 2 is 1.57 bits per heavy atom. The normalized spacial score (nSPS) is 10.7. The molecule has 0 fully saturated rings. The zero-order valence-electron chi connectivity index (χ0n) is 21.3. The number of hydrazone groups is 1.